The molecule has 0 amide bonds. The Morgan fingerprint density at radius 2 is 0.400 bits per heavy atom. The van der Waals surface area contributed by atoms with E-state index in [0.29, 0.717) is 0 Å². The lowest BCUT2D eigenvalue weighted by Crippen LogP contribution is -2.10. The Kier molecular flexibility index (Phi) is 17.0. The lowest BCUT2D eigenvalue weighted by atomic mass is 10.0. The maximum Gasteiger partial charge on any atom is 0.159 e. The summed E-state index contributed by atoms with van der Waals surface area (Å²) in [5.41, 5.74) is 33.5. The van der Waals surface area contributed by atoms with Crippen LogP contribution in [-0.4, -0.2) is 13.2 Å². The van der Waals surface area contributed by atoms with Crippen molar-refractivity contribution in [2.75, 3.05) is 14.7 Å². The van der Waals surface area contributed by atoms with Crippen molar-refractivity contribution in [1.29, 1.82) is 0 Å². The van der Waals surface area contributed by atoms with E-state index < -0.39 is 0 Å². The molecular formula is C126H78N6O3. The smallest absolute Gasteiger partial charge is 0.159 e. The Balaban J connectivity index is 0.000000101. The number of fused-ring (bicyclic) bond motifs is 27. The molecule has 9 heteroatoms. The van der Waals surface area contributed by atoms with Crippen LogP contribution < -0.4 is 14.7 Å². The van der Waals surface area contributed by atoms with E-state index in [4.69, 9.17) is 13.3 Å². The van der Waals surface area contributed by atoms with Crippen LogP contribution in [0.3, 0.4) is 0 Å². The molecule has 0 N–H and O–H groups in total. The van der Waals surface area contributed by atoms with E-state index in [1.807, 2.05) is 36.4 Å². The second kappa shape index (κ2) is 30.2. The van der Waals surface area contributed by atoms with Crippen molar-refractivity contribution in [3.8, 4) is 33.4 Å². The predicted molar refractivity (Wildman–Crippen MR) is 565 cm³/mol. The van der Waals surface area contributed by atoms with E-state index >= 15 is 0 Å². The van der Waals surface area contributed by atoms with Gasteiger partial charge in [0.05, 0.1) is 55.3 Å². The second-order valence-electron chi connectivity index (χ2n) is 35.3. The summed E-state index contributed by atoms with van der Waals surface area (Å²) >= 11 is 0. The fraction of sp³-hybridized carbons (Fsp3) is 0. The number of rotatable bonds is 12. The Labute approximate surface area is 773 Å². The Morgan fingerprint density at radius 1 is 0.141 bits per heavy atom. The van der Waals surface area contributed by atoms with Crippen LogP contribution in [-0.2, 0) is 0 Å². The summed E-state index contributed by atoms with van der Waals surface area (Å²) in [5, 5.41) is 22.1. The molecule has 0 atom stereocenters. The van der Waals surface area contributed by atoms with Gasteiger partial charge in [0.15, 0.2) is 5.58 Å². The monoisotopic (exact) mass is 1720 g/mol. The first-order valence-corrected chi connectivity index (χ1v) is 46.1. The molecule has 9 heterocycles. The van der Waals surface area contributed by atoms with Crippen LogP contribution in [0.5, 0.6) is 0 Å². The van der Waals surface area contributed by atoms with Crippen molar-refractivity contribution in [3.63, 3.8) is 0 Å². The number of nitrogens with zero attached hydrogens (tertiary/aromatic N) is 6. The van der Waals surface area contributed by atoms with E-state index in [2.05, 4.69) is 465 Å². The molecule has 30 aromatic rings. The molecule has 21 aromatic carbocycles. The average molecular weight is 1720 g/mol. The minimum absolute atomic E-state index is 0.880. The van der Waals surface area contributed by atoms with Gasteiger partial charge in [0.1, 0.15) is 27.9 Å². The van der Waals surface area contributed by atoms with Crippen LogP contribution >= 0.6 is 0 Å². The van der Waals surface area contributed by atoms with Crippen molar-refractivity contribution in [3.05, 3.63) is 473 Å². The van der Waals surface area contributed by atoms with Gasteiger partial charge < -0.3 is 41.2 Å². The van der Waals surface area contributed by atoms with Crippen LogP contribution in [0, 0.1) is 0 Å². The van der Waals surface area contributed by atoms with Crippen molar-refractivity contribution >= 4 is 231 Å². The maximum absolute atomic E-state index is 6.58. The van der Waals surface area contributed by atoms with Crippen LogP contribution in [0.15, 0.2) is 486 Å². The topological polar surface area (TPSA) is 62.4 Å². The molecule has 0 saturated carbocycles. The standard InChI is InChI=1S/3C42H26N2O/c1-2-10-27(11-3-1)28-20-22-29(23-21-28)43(39-18-9-16-35-32-13-5-7-19-40(32)45-42(35)39)30-24-25-38-36(26-30)34-15-8-14-33-31-12-4-6-17-37(31)44(38)41(33)34;1-2-9-27(10-3-1)28-17-19-29(20-18-28)43(31-21-23-34-33-12-5-7-16-40(33)45-41(34)26-31)30-22-24-39-37(25-30)36-14-8-13-35-32-11-4-6-15-38(32)44(39)42(35)36;1-2-9-27(10-3-1)28-17-19-29(20-18-28)43(31-22-24-41-37(26-31)33-12-5-7-16-40(33)45-41)30-21-23-39-36(25-30)35-14-8-13-34-32-11-4-6-15-38(32)44(39)42(34)35/h3*1-26H. The minimum Gasteiger partial charge on any atom is -0.456 e. The molecular weight excluding hydrogens is 1650 g/mol. The highest BCUT2D eigenvalue weighted by atomic mass is 16.3. The van der Waals surface area contributed by atoms with Gasteiger partial charge >= 0.3 is 0 Å². The molecule has 0 radical (unpaired) electrons. The molecule has 630 valence electrons. The lowest BCUT2D eigenvalue weighted by Gasteiger charge is -2.26. The molecule has 0 aliphatic carbocycles. The normalized spacial score (nSPS) is 12.0. The zero-order chi connectivity index (χ0) is 88.5. The first-order chi connectivity index (χ1) is 67.0. The SMILES string of the molecule is c1ccc(-c2ccc(N(c3ccc4c(c3)c3cccc5c6ccccc6n4c53)c3cccc4c3oc3ccccc34)cc2)cc1.c1ccc(-c2ccc(N(c3ccc4c(c3)oc3ccccc34)c3ccc4c(c3)c3cccc5c6ccccc6n4c53)cc2)cc1.c1ccc(-c2ccc(N(c3ccc4oc5ccccc5c4c3)c3ccc4c(c3)c3cccc5c6ccccc6n4c53)cc2)cc1. The number of aromatic nitrogens is 3. The maximum atomic E-state index is 6.58. The number of hydrogen-bond donors (Lipinski definition) is 0. The third-order valence-corrected chi connectivity index (χ3v) is 28.0. The third kappa shape index (κ3) is 11.9. The average Bonchev–Trinajstić information content (AvgIpc) is 1.55. The summed E-state index contributed by atoms with van der Waals surface area (Å²) in [6.45, 7) is 0. The zero-order valence-electron chi connectivity index (χ0n) is 72.9. The molecule has 0 spiro atoms. The molecule has 9 aromatic heterocycles. The molecule has 0 unspecified atom stereocenters. The van der Waals surface area contributed by atoms with E-state index in [9.17, 15) is 0 Å². The number of hydrogen-bond acceptors (Lipinski definition) is 6. The molecule has 0 aliphatic heterocycles. The molecule has 0 saturated heterocycles. The van der Waals surface area contributed by atoms with Gasteiger partial charge in [-0.2, -0.15) is 0 Å². The van der Waals surface area contributed by atoms with Gasteiger partial charge in [-0.25, -0.2) is 0 Å². The molecule has 0 aliphatic rings. The highest BCUT2D eigenvalue weighted by molar-refractivity contribution is 6.27. The fourth-order valence-electron chi connectivity index (χ4n) is 21.9. The van der Waals surface area contributed by atoms with Crippen LogP contribution in [0.2, 0.25) is 0 Å². The summed E-state index contributed by atoms with van der Waals surface area (Å²) in [7, 11) is 0. The van der Waals surface area contributed by atoms with Crippen molar-refractivity contribution in [2.45, 2.75) is 0 Å². The first-order valence-electron chi connectivity index (χ1n) is 46.1. The highest BCUT2D eigenvalue weighted by Crippen LogP contribution is 2.51. The van der Waals surface area contributed by atoms with Crippen LogP contribution in [0.25, 0.3) is 213 Å². The Hall–Kier alpha value is -18.2. The molecule has 0 bridgehead atoms. The van der Waals surface area contributed by atoms with Gasteiger partial charge in [0, 0.05) is 149 Å². The van der Waals surface area contributed by atoms with Gasteiger partial charge in [0.25, 0.3) is 0 Å². The Bertz CT molecular complexity index is 9880. The number of para-hydroxylation sites is 10. The number of benzene rings is 21. The summed E-state index contributed by atoms with van der Waals surface area (Å²) in [6.07, 6.45) is 0. The van der Waals surface area contributed by atoms with E-state index in [-0.39, 0.29) is 0 Å². The number of anilines is 9. The third-order valence-electron chi connectivity index (χ3n) is 28.0. The molecule has 9 nitrogen and oxygen atoms in total. The van der Waals surface area contributed by atoms with Crippen LogP contribution in [0.1, 0.15) is 0 Å². The van der Waals surface area contributed by atoms with E-state index in [1.165, 1.54) is 148 Å². The largest absolute Gasteiger partial charge is 0.456 e. The van der Waals surface area contributed by atoms with Gasteiger partial charge in [-0.3, -0.25) is 0 Å². The molecule has 135 heavy (non-hydrogen) atoms. The highest BCUT2D eigenvalue weighted by Gasteiger charge is 2.28. The van der Waals surface area contributed by atoms with E-state index in [0.717, 1.165) is 117 Å². The summed E-state index contributed by atoms with van der Waals surface area (Å²) in [5.74, 6) is 0. The summed E-state index contributed by atoms with van der Waals surface area (Å²) in [6, 6.07) is 169. The number of furan rings is 3. The van der Waals surface area contributed by atoms with Crippen molar-refractivity contribution < 1.29 is 13.3 Å². The fourth-order valence-corrected chi connectivity index (χ4v) is 21.9. The minimum atomic E-state index is 0.880. The summed E-state index contributed by atoms with van der Waals surface area (Å²) in [4.78, 5) is 7.04. The molecule has 30 rings (SSSR count). The van der Waals surface area contributed by atoms with Crippen molar-refractivity contribution in [1.82, 2.24) is 13.2 Å². The Morgan fingerprint density at radius 3 is 0.830 bits per heavy atom. The van der Waals surface area contributed by atoms with Crippen molar-refractivity contribution in [2.24, 2.45) is 0 Å². The first kappa shape index (κ1) is 75.8. The van der Waals surface area contributed by atoms with Crippen LogP contribution in [0.4, 0.5) is 51.2 Å². The molecule has 0 fully saturated rings. The lowest BCUT2D eigenvalue weighted by molar-refractivity contribution is 0.668. The van der Waals surface area contributed by atoms with Gasteiger partial charge in [-0.15, -0.1) is 0 Å². The zero-order valence-corrected chi connectivity index (χ0v) is 72.9. The second-order valence-corrected chi connectivity index (χ2v) is 35.3. The van der Waals surface area contributed by atoms with E-state index in [1.54, 1.807) is 0 Å². The van der Waals surface area contributed by atoms with Gasteiger partial charge in [0.2, 0.25) is 0 Å². The summed E-state index contributed by atoms with van der Waals surface area (Å²) < 4.78 is 26.4. The van der Waals surface area contributed by atoms with Gasteiger partial charge in [-0.05, 0) is 197 Å². The van der Waals surface area contributed by atoms with Gasteiger partial charge in [-0.1, -0.05) is 303 Å². The quantitative estimate of drug-likeness (QED) is 0.121. The predicted octanol–water partition coefficient (Wildman–Crippen LogP) is 35.6.